The van der Waals surface area contributed by atoms with Crippen molar-refractivity contribution >= 4 is 12.0 Å². The fourth-order valence-corrected chi connectivity index (χ4v) is 2.38. The Hall–Kier alpha value is -2.04. The summed E-state index contributed by atoms with van der Waals surface area (Å²) in [7, 11) is 0. The molecule has 25 heavy (non-hydrogen) atoms. The molecule has 1 aromatic rings. The third-order valence-corrected chi connectivity index (χ3v) is 3.61. The summed E-state index contributed by atoms with van der Waals surface area (Å²) >= 11 is 0. The second kappa shape index (κ2) is 9.44. The lowest BCUT2D eigenvalue weighted by atomic mass is 9.96. The highest BCUT2D eigenvalue weighted by Gasteiger charge is 2.17. The van der Waals surface area contributed by atoms with Gasteiger partial charge in [-0.1, -0.05) is 38.1 Å². The summed E-state index contributed by atoms with van der Waals surface area (Å²) in [5.41, 5.74) is 1.75. The molecule has 1 aromatic carbocycles. The lowest BCUT2D eigenvalue weighted by molar-refractivity contribution is -0.122. The van der Waals surface area contributed by atoms with Gasteiger partial charge in [-0.25, -0.2) is 4.79 Å². The number of amides is 2. The Morgan fingerprint density at radius 3 is 2.08 bits per heavy atom. The number of hydrogen-bond acceptors (Lipinski definition) is 3. The number of ether oxygens (including phenoxy) is 1. The Kier molecular flexibility index (Phi) is 7.94. The molecule has 0 saturated carbocycles. The van der Waals surface area contributed by atoms with Gasteiger partial charge in [-0.2, -0.15) is 0 Å². The van der Waals surface area contributed by atoms with Gasteiger partial charge in [-0.3, -0.25) is 4.79 Å². The second-order valence-electron chi connectivity index (χ2n) is 7.78. The molecule has 1 atom stereocenters. The van der Waals surface area contributed by atoms with Crippen molar-refractivity contribution < 1.29 is 14.3 Å². The number of carbonyl (C=O) groups is 2. The fraction of sp³-hybridized carbons (Fsp3) is 0.600. The zero-order valence-corrected chi connectivity index (χ0v) is 16.3. The van der Waals surface area contributed by atoms with Crippen LogP contribution in [0.2, 0.25) is 0 Å². The minimum atomic E-state index is -0.524. The highest BCUT2D eigenvalue weighted by atomic mass is 16.6. The molecular formula is C20H32N2O3. The zero-order valence-electron chi connectivity index (χ0n) is 16.3. The Balaban J connectivity index is 2.38. The van der Waals surface area contributed by atoms with Crippen LogP contribution in [0.15, 0.2) is 24.3 Å². The first-order valence-electron chi connectivity index (χ1n) is 8.92. The van der Waals surface area contributed by atoms with E-state index in [0.29, 0.717) is 19.0 Å². The number of benzene rings is 1. The standard InChI is InChI=1S/C20H32N2O3/c1-14(2)13-16-7-9-17(10-8-16)15(3)18(23)21-11-12-22-19(24)25-20(4,5)6/h7-10,14-15H,11-13H2,1-6H3,(H,21,23)(H,22,24)/t15-/m0/s1. The van der Waals surface area contributed by atoms with Gasteiger partial charge in [0.1, 0.15) is 5.60 Å². The second-order valence-corrected chi connectivity index (χ2v) is 7.78. The molecule has 0 fully saturated rings. The first-order valence-corrected chi connectivity index (χ1v) is 8.92. The van der Waals surface area contributed by atoms with Gasteiger partial charge in [0.05, 0.1) is 5.92 Å². The summed E-state index contributed by atoms with van der Waals surface area (Å²) in [6, 6.07) is 8.20. The van der Waals surface area contributed by atoms with Crippen molar-refractivity contribution in [3.63, 3.8) is 0 Å². The molecule has 2 N–H and O–H groups in total. The largest absolute Gasteiger partial charge is 0.444 e. The van der Waals surface area contributed by atoms with Gasteiger partial charge in [0.2, 0.25) is 5.91 Å². The molecule has 0 heterocycles. The van der Waals surface area contributed by atoms with E-state index in [2.05, 4.69) is 36.6 Å². The van der Waals surface area contributed by atoms with Crippen LogP contribution in [0.1, 0.15) is 58.6 Å². The molecule has 0 bridgehead atoms. The zero-order chi connectivity index (χ0) is 19.0. The molecule has 0 aliphatic rings. The minimum Gasteiger partial charge on any atom is -0.444 e. The van der Waals surface area contributed by atoms with Gasteiger partial charge in [-0.05, 0) is 51.2 Å². The fourth-order valence-electron chi connectivity index (χ4n) is 2.38. The maximum Gasteiger partial charge on any atom is 0.407 e. The van der Waals surface area contributed by atoms with Crippen molar-refractivity contribution in [2.75, 3.05) is 13.1 Å². The van der Waals surface area contributed by atoms with Crippen molar-refractivity contribution in [2.45, 2.75) is 59.5 Å². The van der Waals surface area contributed by atoms with Gasteiger partial charge in [0.25, 0.3) is 0 Å². The first-order chi connectivity index (χ1) is 11.6. The highest BCUT2D eigenvalue weighted by molar-refractivity contribution is 5.83. The summed E-state index contributed by atoms with van der Waals surface area (Å²) in [5, 5.41) is 5.46. The Bertz CT molecular complexity index is 559. The van der Waals surface area contributed by atoms with E-state index in [1.807, 2.05) is 39.8 Å². The average molecular weight is 348 g/mol. The van der Waals surface area contributed by atoms with E-state index in [1.54, 1.807) is 0 Å². The number of alkyl carbamates (subject to hydrolysis) is 1. The topological polar surface area (TPSA) is 67.4 Å². The minimum absolute atomic E-state index is 0.0531. The molecule has 5 heteroatoms. The molecular weight excluding hydrogens is 316 g/mol. The van der Waals surface area contributed by atoms with Crippen molar-refractivity contribution in [2.24, 2.45) is 5.92 Å². The summed E-state index contributed by atoms with van der Waals surface area (Å²) in [6.07, 6.45) is 0.563. The van der Waals surface area contributed by atoms with Crippen molar-refractivity contribution in [1.29, 1.82) is 0 Å². The van der Waals surface area contributed by atoms with Crippen LogP contribution in [-0.2, 0) is 16.0 Å². The predicted octanol–water partition coefficient (Wildman–Crippen LogP) is 3.63. The molecule has 140 valence electrons. The third-order valence-electron chi connectivity index (χ3n) is 3.61. The van der Waals surface area contributed by atoms with Gasteiger partial charge in [0.15, 0.2) is 0 Å². The van der Waals surface area contributed by atoms with E-state index >= 15 is 0 Å². The average Bonchev–Trinajstić information content (AvgIpc) is 2.49. The molecule has 0 aromatic heterocycles. The van der Waals surface area contributed by atoms with Crippen LogP contribution in [-0.4, -0.2) is 30.7 Å². The molecule has 2 amide bonds. The molecule has 5 nitrogen and oxygen atoms in total. The molecule has 1 rings (SSSR count). The predicted molar refractivity (Wildman–Crippen MR) is 101 cm³/mol. The van der Waals surface area contributed by atoms with Gasteiger partial charge < -0.3 is 15.4 Å². The number of nitrogens with one attached hydrogen (secondary N) is 2. The quantitative estimate of drug-likeness (QED) is 0.740. The van der Waals surface area contributed by atoms with Crippen molar-refractivity contribution in [3.8, 4) is 0 Å². The van der Waals surface area contributed by atoms with Gasteiger partial charge >= 0.3 is 6.09 Å². The summed E-state index contributed by atoms with van der Waals surface area (Å²) in [6.45, 7) is 12.4. The molecule has 0 aliphatic carbocycles. The van der Waals surface area contributed by atoms with E-state index in [-0.39, 0.29) is 11.8 Å². The summed E-state index contributed by atoms with van der Waals surface area (Å²) in [4.78, 5) is 23.7. The van der Waals surface area contributed by atoms with E-state index in [4.69, 9.17) is 4.74 Å². The first kappa shape index (κ1) is 21.0. The van der Waals surface area contributed by atoms with E-state index in [0.717, 1.165) is 12.0 Å². The lowest BCUT2D eigenvalue weighted by Crippen LogP contribution is -2.38. The third kappa shape index (κ3) is 8.57. The molecule has 0 unspecified atom stereocenters. The number of hydrogen-bond donors (Lipinski definition) is 2. The highest BCUT2D eigenvalue weighted by Crippen LogP contribution is 2.17. The molecule has 0 aliphatic heterocycles. The Morgan fingerprint density at radius 2 is 1.56 bits per heavy atom. The normalized spacial score (nSPS) is 12.6. The maximum atomic E-state index is 12.2. The SMILES string of the molecule is CC(C)Cc1ccc([C@H](C)C(=O)NCCNC(=O)OC(C)(C)C)cc1. The molecule has 0 radical (unpaired) electrons. The van der Waals surface area contributed by atoms with Crippen molar-refractivity contribution in [1.82, 2.24) is 10.6 Å². The van der Waals surface area contributed by atoms with E-state index in [9.17, 15) is 9.59 Å². The monoisotopic (exact) mass is 348 g/mol. The summed E-state index contributed by atoms with van der Waals surface area (Å²) in [5.74, 6) is 0.335. The van der Waals surface area contributed by atoms with Crippen LogP contribution in [0.3, 0.4) is 0 Å². The van der Waals surface area contributed by atoms with Crippen LogP contribution in [0.25, 0.3) is 0 Å². The smallest absolute Gasteiger partial charge is 0.407 e. The number of carbonyl (C=O) groups excluding carboxylic acids is 2. The molecule has 0 spiro atoms. The summed E-state index contributed by atoms with van der Waals surface area (Å²) < 4.78 is 5.14. The Labute approximate surface area is 151 Å². The van der Waals surface area contributed by atoms with Crippen LogP contribution >= 0.6 is 0 Å². The van der Waals surface area contributed by atoms with E-state index < -0.39 is 11.7 Å². The van der Waals surface area contributed by atoms with Crippen LogP contribution in [0.4, 0.5) is 4.79 Å². The molecule has 0 saturated heterocycles. The van der Waals surface area contributed by atoms with Crippen LogP contribution < -0.4 is 10.6 Å². The lowest BCUT2D eigenvalue weighted by Gasteiger charge is -2.20. The maximum absolute atomic E-state index is 12.2. The van der Waals surface area contributed by atoms with Gasteiger partial charge in [-0.15, -0.1) is 0 Å². The van der Waals surface area contributed by atoms with E-state index in [1.165, 1.54) is 5.56 Å². The Morgan fingerprint density at radius 1 is 1.00 bits per heavy atom. The van der Waals surface area contributed by atoms with Crippen LogP contribution in [0, 0.1) is 5.92 Å². The van der Waals surface area contributed by atoms with Crippen LogP contribution in [0.5, 0.6) is 0 Å². The van der Waals surface area contributed by atoms with Crippen molar-refractivity contribution in [3.05, 3.63) is 35.4 Å². The van der Waals surface area contributed by atoms with Gasteiger partial charge in [0, 0.05) is 13.1 Å². The number of rotatable bonds is 7.